The molecule has 2 aromatic rings. The van der Waals surface area contributed by atoms with Crippen molar-refractivity contribution in [3.05, 3.63) is 62.2 Å². The van der Waals surface area contributed by atoms with Crippen molar-refractivity contribution in [2.75, 3.05) is 18.9 Å². The Balaban J connectivity index is 1.91. The van der Waals surface area contributed by atoms with Crippen molar-refractivity contribution in [1.29, 1.82) is 0 Å². The predicted molar refractivity (Wildman–Crippen MR) is 100 cm³/mol. The lowest BCUT2D eigenvalue weighted by Gasteiger charge is -2.17. The second kappa shape index (κ2) is 7.94. The van der Waals surface area contributed by atoms with Gasteiger partial charge in [0.1, 0.15) is 0 Å². The molecule has 0 aliphatic carbocycles. The van der Waals surface area contributed by atoms with Gasteiger partial charge in [0.15, 0.2) is 0 Å². The Kier molecular flexibility index (Phi) is 6.23. The first-order chi connectivity index (χ1) is 10.4. The van der Waals surface area contributed by atoms with E-state index in [1.807, 2.05) is 61.3 Å². The normalized spacial score (nSPS) is 10.8. The molecule has 0 aliphatic heterocycles. The van der Waals surface area contributed by atoms with Gasteiger partial charge in [0, 0.05) is 20.8 Å². The molecule has 0 unspecified atom stereocenters. The van der Waals surface area contributed by atoms with Crippen LogP contribution in [-0.4, -0.2) is 24.4 Å². The first-order valence-electron chi connectivity index (χ1n) is 6.93. The van der Waals surface area contributed by atoms with E-state index in [1.165, 1.54) is 0 Å². The topological polar surface area (TPSA) is 32.3 Å². The van der Waals surface area contributed by atoms with Crippen molar-refractivity contribution in [2.24, 2.45) is 0 Å². The lowest BCUT2D eigenvalue weighted by atomic mass is 10.2. The maximum Gasteiger partial charge on any atom is 0.238 e. The molecule has 0 atom stereocenters. The third kappa shape index (κ3) is 5.26. The van der Waals surface area contributed by atoms with Gasteiger partial charge in [-0.15, -0.1) is 0 Å². The van der Waals surface area contributed by atoms with Gasteiger partial charge in [0.2, 0.25) is 5.91 Å². The monoisotopic (exact) mass is 428 g/mol. The Morgan fingerprint density at radius 1 is 1.27 bits per heavy atom. The summed E-state index contributed by atoms with van der Waals surface area (Å²) in [6.07, 6.45) is 0. The number of hydrogen-bond acceptors (Lipinski definition) is 2. The maximum absolute atomic E-state index is 12.1. The van der Waals surface area contributed by atoms with Crippen LogP contribution in [0.2, 0.25) is 5.02 Å². The summed E-state index contributed by atoms with van der Waals surface area (Å²) >= 11 is 8.23. The fraction of sp³-hybridized carbons (Fsp3) is 0.235. The van der Waals surface area contributed by atoms with Crippen molar-refractivity contribution in [3.8, 4) is 0 Å². The van der Waals surface area contributed by atoms with Crippen LogP contribution in [0.15, 0.2) is 42.5 Å². The molecule has 0 bridgehead atoms. The Hall–Kier alpha value is -1.11. The molecule has 0 heterocycles. The van der Waals surface area contributed by atoms with Crippen LogP contribution in [0.4, 0.5) is 5.69 Å². The summed E-state index contributed by atoms with van der Waals surface area (Å²) < 4.78 is 1.16. The quantitative estimate of drug-likeness (QED) is 0.719. The van der Waals surface area contributed by atoms with Gasteiger partial charge in [-0.05, 0) is 78.0 Å². The molecule has 1 N–H and O–H groups in total. The highest BCUT2D eigenvalue weighted by Crippen LogP contribution is 2.18. The van der Waals surface area contributed by atoms with Crippen molar-refractivity contribution in [3.63, 3.8) is 0 Å². The highest BCUT2D eigenvalue weighted by atomic mass is 127. The summed E-state index contributed by atoms with van der Waals surface area (Å²) in [6.45, 7) is 3.01. The third-order valence-electron chi connectivity index (χ3n) is 3.22. The van der Waals surface area contributed by atoms with E-state index >= 15 is 0 Å². The van der Waals surface area contributed by atoms with Gasteiger partial charge >= 0.3 is 0 Å². The highest BCUT2D eigenvalue weighted by molar-refractivity contribution is 14.1. The third-order valence-corrected chi connectivity index (χ3v) is 4.12. The van der Waals surface area contributed by atoms with Crippen LogP contribution < -0.4 is 5.32 Å². The minimum atomic E-state index is -0.0196. The Morgan fingerprint density at radius 2 is 2.05 bits per heavy atom. The summed E-state index contributed by atoms with van der Waals surface area (Å²) in [6, 6.07) is 13.7. The molecular formula is C17H18ClIN2O. The smallest absolute Gasteiger partial charge is 0.238 e. The number of carbonyl (C=O) groups is 1. The molecule has 0 saturated carbocycles. The van der Waals surface area contributed by atoms with E-state index < -0.39 is 0 Å². The zero-order valence-corrected chi connectivity index (χ0v) is 15.5. The number of nitrogens with one attached hydrogen (secondary N) is 1. The van der Waals surface area contributed by atoms with Crippen LogP contribution >= 0.6 is 34.2 Å². The molecule has 0 radical (unpaired) electrons. The second-order valence-corrected chi connectivity index (χ2v) is 6.99. The van der Waals surface area contributed by atoms with Gasteiger partial charge in [-0.2, -0.15) is 0 Å². The lowest BCUT2D eigenvalue weighted by molar-refractivity contribution is -0.117. The number of carbonyl (C=O) groups excluding carboxylic acids is 1. The zero-order valence-electron chi connectivity index (χ0n) is 12.6. The average molecular weight is 429 g/mol. The van der Waals surface area contributed by atoms with Crippen LogP contribution in [0.25, 0.3) is 0 Å². The van der Waals surface area contributed by atoms with Crippen LogP contribution in [0, 0.1) is 10.5 Å². The molecule has 0 aromatic heterocycles. The summed E-state index contributed by atoms with van der Waals surface area (Å²) in [5.41, 5.74) is 3.02. The van der Waals surface area contributed by atoms with E-state index in [0.717, 1.165) is 20.4 Å². The lowest BCUT2D eigenvalue weighted by Crippen LogP contribution is -2.30. The van der Waals surface area contributed by atoms with E-state index in [9.17, 15) is 4.79 Å². The maximum atomic E-state index is 12.1. The molecule has 3 nitrogen and oxygen atoms in total. The van der Waals surface area contributed by atoms with E-state index in [0.29, 0.717) is 18.1 Å². The van der Waals surface area contributed by atoms with Gasteiger partial charge in [-0.25, -0.2) is 0 Å². The molecule has 0 fully saturated rings. The Bertz CT molecular complexity index is 675. The largest absolute Gasteiger partial charge is 0.325 e. The van der Waals surface area contributed by atoms with Crippen LogP contribution in [0.3, 0.4) is 0 Å². The predicted octanol–water partition coefficient (Wildman–Crippen LogP) is 4.32. The summed E-state index contributed by atoms with van der Waals surface area (Å²) in [5.74, 6) is -0.0196. The van der Waals surface area contributed by atoms with Gasteiger partial charge in [-0.1, -0.05) is 23.7 Å². The first kappa shape index (κ1) is 17.2. The highest BCUT2D eigenvalue weighted by Gasteiger charge is 2.09. The van der Waals surface area contributed by atoms with Crippen LogP contribution in [0.1, 0.15) is 11.1 Å². The SMILES string of the molecule is Cc1cc(I)ccc1NC(=O)CN(C)Cc1cccc(Cl)c1. The van der Waals surface area contributed by atoms with Gasteiger partial charge in [0.05, 0.1) is 6.54 Å². The fourth-order valence-corrected chi connectivity index (χ4v) is 3.06. The van der Waals surface area contributed by atoms with Crippen molar-refractivity contribution < 1.29 is 4.79 Å². The van der Waals surface area contributed by atoms with Crippen LogP contribution in [-0.2, 0) is 11.3 Å². The first-order valence-corrected chi connectivity index (χ1v) is 8.38. The molecule has 1 amide bonds. The second-order valence-electron chi connectivity index (χ2n) is 5.31. The molecule has 116 valence electrons. The Morgan fingerprint density at radius 3 is 2.73 bits per heavy atom. The minimum Gasteiger partial charge on any atom is -0.325 e. The fourth-order valence-electron chi connectivity index (χ4n) is 2.21. The van der Waals surface area contributed by atoms with E-state index in [2.05, 4.69) is 27.9 Å². The number of rotatable bonds is 5. The van der Waals surface area contributed by atoms with Gasteiger partial charge in [-0.3, -0.25) is 9.69 Å². The molecule has 2 rings (SSSR count). The minimum absolute atomic E-state index is 0.0196. The molecule has 0 saturated heterocycles. The number of likely N-dealkylation sites (N-methyl/N-ethyl adjacent to an activating group) is 1. The molecule has 5 heteroatoms. The van der Waals surface area contributed by atoms with Gasteiger partial charge < -0.3 is 5.32 Å². The van der Waals surface area contributed by atoms with Gasteiger partial charge in [0.25, 0.3) is 0 Å². The molecule has 0 spiro atoms. The van der Waals surface area contributed by atoms with Crippen molar-refractivity contribution in [2.45, 2.75) is 13.5 Å². The summed E-state index contributed by atoms with van der Waals surface area (Å²) in [5, 5.41) is 3.67. The molecule has 2 aromatic carbocycles. The number of benzene rings is 2. The van der Waals surface area contributed by atoms with Crippen LogP contribution in [0.5, 0.6) is 0 Å². The number of anilines is 1. The number of aryl methyl sites for hydroxylation is 1. The molecule has 22 heavy (non-hydrogen) atoms. The number of hydrogen-bond donors (Lipinski definition) is 1. The molecular weight excluding hydrogens is 411 g/mol. The number of amides is 1. The van der Waals surface area contributed by atoms with E-state index in [-0.39, 0.29) is 5.91 Å². The standard InChI is InChI=1S/C17H18ClIN2O/c1-12-8-15(19)6-7-16(12)20-17(22)11-21(2)10-13-4-3-5-14(18)9-13/h3-9H,10-11H2,1-2H3,(H,20,22). The summed E-state index contributed by atoms with van der Waals surface area (Å²) in [7, 11) is 1.92. The number of nitrogens with zero attached hydrogens (tertiary/aromatic N) is 1. The van der Waals surface area contributed by atoms with E-state index in [4.69, 9.17) is 11.6 Å². The van der Waals surface area contributed by atoms with Crippen molar-refractivity contribution >= 4 is 45.8 Å². The van der Waals surface area contributed by atoms with E-state index in [1.54, 1.807) is 0 Å². The zero-order chi connectivity index (χ0) is 16.1. The Labute approximate surface area is 149 Å². The average Bonchev–Trinajstić information content (AvgIpc) is 2.41. The van der Waals surface area contributed by atoms with Crippen molar-refractivity contribution in [1.82, 2.24) is 4.90 Å². The number of halogens is 2. The molecule has 0 aliphatic rings. The summed E-state index contributed by atoms with van der Waals surface area (Å²) in [4.78, 5) is 14.1.